The molecule has 0 aliphatic carbocycles. The molecule has 2 atom stereocenters. The molecule has 0 radical (unpaired) electrons. The fourth-order valence-electron chi connectivity index (χ4n) is 2.63. The second-order valence-corrected chi connectivity index (χ2v) is 13.0. The first kappa shape index (κ1) is 18.7. The van der Waals surface area contributed by atoms with Crippen LogP contribution in [0.4, 0.5) is 0 Å². The van der Waals surface area contributed by atoms with E-state index in [1.54, 1.807) is 0 Å². The van der Waals surface area contributed by atoms with Gasteiger partial charge >= 0.3 is 0 Å². The lowest BCUT2D eigenvalue weighted by atomic mass is 10.1. The summed E-state index contributed by atoms with van der Waals surface area (Å²) in [6, 6.07) is 11.1. The van der Waals surface area contributed by atoms with Crippen molar-refractivity contribution in [3.63, 3.8) is 0 Å². The van der Waals surface area contributed by atoms with Crippen LogP contribution < -0.4 is 0 Å². The average Bonchev–Trinajstić information content (AvgIpc) is 2.48. The molecule has 1 aromatic carbocycles. The van der Waals surface area contributed by atoms with E-state index in [0.717, 1.165) is 19.7 Å². The van der Waals surface area contributed by atoms with Crippen LogP contribution in [0.1, 0.15) is 33.3 Å². The van der Waals surface area contributed by atoms with Crippen molar-refractivity contribution in [1.29, 1.82) is 0 Å². The normalized spacial score (nSPS) is 23.9. The Morgan fingerprint density at radius 1 is 1.22 bits per heavy atom. The molecule has 2 rings (SSSR count). The lowest BCUT2D eigenvalue weighted by molar-refractivity contribution is -0.0860. The van der Waals surface area contributed by atoms with E-state index in [4.69, 9.17) is 9.16 Å². The predicted octanol–water partition coefficient (Wildman–Crippen LogP) is 4.30. The Labute approximate surface area is 143 Å². The van der Waals surface area contributed by atoms with Gasteiger partial charge in [0.25, 0.3) is 0 Å². The minimum absolute atomic E-state index is 0.168. The molecule has 1 saturated heterocycles. The molecule has 1 aliphatic heterocycles. The Bertz CT molecular complexity index is 484. The quantitative estimate of drug-likeness (QED) is 0.749. The molecule has 0 N–H and O–H groups in total. The van der Waals surface area contributed by atoms with Crippen molar-refractivity contribution in [3.05, 3.63) is 35.9 Å². The zero-order valence-corrected chi connectivity index (χ0v) is 16.6. The van der Waals surface area contributed by atoms with E-state index in [1.165, 1.54) is 5.56 Å². The molecule has 1 aliphatic rings. The highest BCUT2D eigenvalue weighted by molar-refractivity contribution is 6.74. The highest BCUT2D eigenvalue weighted by Crippen LogP contribution is 2.36. The van der Waals surface area contributed by atoms with Crippen molar-refractivity contribution < 1.29 is 9.16 Å². The largest absolute Gasteiger partial charge is 0.414 e. The van der Waals surface area contributed by atoms with E-state index < -0.39 is 8.32 Å². The number of benzene rings is 1. The van der Waals surface area contributed by atoms with Gasteiger partial charge in [-0.1, -0.05) is 51.1 Å². The molecule has 23 heavy (non-hydrogen) atoms. The van der Waals surface area contributed by atoms with Crippen LogP contribution >= 0.6 is 0 Å². The lowest BCUT2D eigenvalue weighted by Crippen LogP contribution is -2.53. The average molecular weight is 336 g/mol. The summed E-state index contributed by atoms with van der Waals surface area (Å²) in [6.07, 6.45) is 0.168. The highest BCUT2D eigenvalue weighted by atomic mass is 28.4. The van der Waals surface area contributed by atoms with E-state index in [-0.39, 0.29) is 11.1 Å². The molecule has 0 spiro atoms. The smallest absolute Gasteiger partial charge is 0.192 e. The molecule has 0 aromatic heterocycles. The summed E-state index contributed by atoms with van der Waals surface area (Å²) >= 11 is 0. The van der Waals surface area contributed by atoms with Crippen LogP contribution in [-0.2, 0) is 15.7 Å². The Hall–Kier alpha value is -0.683. The van der Waals surface area contributed by atoms with Gasteiger partial charge in [0, 0.05) is 19.1 Å². The lowest BCUT2D eigenvalue weighted by Gasteiger charge is -2.42. The van der Waals surface area contributed by atoms with Gasteiger partial charge in [-0.25, -0.2) is 0 Å². The third-order valence-electron chi connectivity index (χ3n) is 5.47. The Kier molecular flexibility index (Phi) is 6.06. The van der Waals surface area contributed by atoms with Crippen molar-refractivity contribution in [1.82, 2.24) is 4.90 Å². The number of nitrogens with zero attached hydrogens (tertiary/aromatic N) is 1. The van der Waals surface area contributed by atoms with Crippen LogP contribution in [-0.4, -0.2) is 45.1 Å². The molecule has 0 unspecified atom stereocenters. The minimum atomic E-state index is -1.71. The van der Waals surface area contributed by atoms with E-state index in [1.807, 2.05) is 0 Å². The van der Waals surface area contributed by atoms with Gasteiger partial charge in [0.1, 0.15) is 0 Å². The fourth-order valence-corrected chi connectivity index (χ4v) is 3.65. The first-order valence-corrected chi connectivity index (χ1v) is 11.6. The first-order chi connectivity index (χ1) is 10.7. The van der Waals surface area contributed by atoms with Gasteiger partial charge < -0.3 is 9.16 Å². The molecule has 0 bridgehead atoms. The van der Waals surface area contributed by atoms with Gasteiger partial charge in [0.05, 0.1) is 19.3 Å². The van der Waals surface area contributed by atoms with Gasteiger partial charge in [-0.15, -0.1) is 0 Å². The molecule has 1 fully saturated rings. The van der Waals surface area contributed by atoms with Crippen molar-refractivity contribution in [2.75, 3.05) is 19.8 Å². The third kappa shape index (κ3) is 4.89. The molecule has 3 nitrogen and oxygen atoms in total. The monoisotopic (exact) mass is 335 g/mol. The Balaban J connectivity index is 1.93. The number of rotatable bonds is 5. The molecule has 1 heterocycles. The molecule has 130 valence electrons. The van der Waals surface area contributed by atoms with Crippen LogP contribution in [0.3, 0.4) is 0 Å². The fraction of sp³-hybridized carbons (Fsp3) is 0.684. The summed E-state index contributed by atoms with van der Waals surface area (Å²) in [7, 11) is -1.71. The summed E-state index contributed by atoms with van der Waals surface area (Å²) in [5, 5.41) is 0.245. The Morgan fingerprint density at radius 2 is 1.87 bits per heavy atom. The minimum Gasteiger partial charge on any atom is -0.414 e. The van der Waals surface area contributed by atoms with E-state index in [0.29, 0.717) is 12.6 Å². The van der Waals surface area contributed by atoms with E-state index in [9.17, 15) is 0 Å². The highest BCUT2D eigenvalue weighted by Gasteiger charge is 2.39. The van der Waals surface area contributed by atoms with Gasteiger partial charge in [-0.05, 0) is 30.6 Å². The summed E-state index contributed by atoms with van der Waals surface area (Å²) in [5.74, 6) is 0. The van der Waals surface area contributed by atoms with Crippen molar-refractivity contribution in [2.45, 2.75) is 64.5 Å². The topological polar surface area (TPSA) is 21.7 Å². The maximum absolute atomic E-state index is 6.39. The van der Waals surface area contributed by atoms with Crippen molar-refractivity contribution in [2.24, 2.45) is 0 Å². The second-order valence-electron chi connectivity index (χ2n) is 8.18. The Morgan fingerprint density at radius 3 is 2.48 bits per heavy atom. The summed E-state index contributed by atoms with van der Waals surface area (Å²) in [4.78, 5) is 2.51. The second kappa shape index (κ2) is 7.47. The summed E-state index contributed by atoms with van der Waals surface area (Å²) in [6.45, 7) is 17.2. The van der Waals surface area contributed by atoms with Gasteiger partial charge in [0.15, 0.2) is 8.32 Å². The van der Waals surface area contributed by atoms with Crippen LogP contribution in [0.15, 0.2) is 30.3 Å². The predicted molar refractivity (Wildman–Crippen MR) is 99.2 cm³/mol. The first-order valence-electron chi connectivity index (χ1n) is 8.74. The van der Waals surface area contributed by atoms with Gasteiger partial charge in [-0.2, -0.15) is 0 Å². The molecule has 0 saturated carbocycles. The van der Waals surface area contributed by atoms with Crippen LogP contribution in [0.25, 0.3) is 0 Å². The zero-order valence-electron chi connectivity index (χ0n) is 15.6. The van der Waals surface area contributed by atoms with E-state index in [2.05, 4.69) is 76.0 Å². The zero-order chi connectivity index (χ0) is 17.1. The number of hydrogen-bond donors (Lipinski definition) is 0. The summed E-state index contributed by atoms with van der Waals surface area (Å²) in [5.41, 5.74) is 1.37. The number of morpholine rings is 1. The summed E-state index contributed by atoms with van der Waals surface area (Å²) < 4.78 is 12.4. The van der Waals surface area contributed by atoms with Crippen LogP contribution in [0.2, 0.25) is 18.1 Å². The molecular weight excluding hydrogens is 302 g/mol. The maximum atomic E-state index is 6.39. The number of hydrogen-bond acceptors (Lipinski definition) is 3. The third-order valence-corrected chi connectivity index (χ3v) is 9.97. The van der Waals surface area contributed by atoms with E-state index >= 15 is 0 Å². The standard InChI is InChI=1S/C19H33NO2Si/c1-16-18(15-22-23(5,6)19(2,3)4)21-13-12-20(16)14-17-10-8-7-9-11-17/h7-11,16,18H,12-15H2,1-6H3/t16-,18+/m0/s1. The molecule has 4 heteroatoms. The van der Waals surface area contributed by atoms with Crippen molar-refractivity contribution >= 4 is 8.32 Å². The molecule has 1 aromatic rings. The van der Waals surface area contributed by atoms with Gasteiger partial charge in [-0.3, -0.25) is 4.90 Å². The maximum Gasteiger partial charge on any atom is 0.192 e. The molecular formula is C19H33NO2Si. The van der Waals surface area contributed by atoms with Crippen molar-refractivity contribution in [3.8, 4) is 0 Å². The van der Waals surface area contributed by atoms with Crippen LogP contribution in [0, 0.1) is 0 Å². The number of ether oxygens (including phenoxy) is 1. The SMILES string of the molecule is C[C@H]1[C@@H](CO[Si](C)(C)C(C)(C)C)OCCN1Cc1ccccc1. The van der Waals surface area contributed by atoms with Gasteiger partial charge in [0.2, 0.25) is 0 Å². The molecule has 0 amide bonds. The van der Waals surface area contributed by atoms with Crippen LogP contribution in [0.5, 0.6) is 0 Å².